The van der Waals surface area contributed by atoms with E-state index >= 15 is 0 Å². The molecule has 0 fully saturated rings. The quantitative estimate of drug-likeness (QED) is 0.698. The van der Waals surface area contributed by atoms with Gasteiger partial charge in [-0.1, -0.05) is 13.8 Å². The van der Waals surface area contributed by atoms with Gasteiger partial charge in [-0.15, -0.1) is 0 Å². The second-order valence-electron chi connectivity index (χ2n) is 3.80. The fourth-order valence-electron chi connectivity index (χ4n) is 0.975. The van der Waals surface area contributed by atoms with Crippen LogP contribution >= 0.6 is 0 Å². The first-order valence-corrected chi connectivity index (χ1v) is 6.35. The lowest BCUT2D eigenvalue weighted by atomic mass is 10.2. The van der Waals surface area contributed by atoms with E-state index in [2.05, 4.69) is 14.9 Å². The van der Waals surface area contributed by atoms with Gasteiger partial charge in [-0.05, 0) is 12.3 Å². The molecular weight excluding hydrogens is 216 g/mol. The third-order valence-electron chi connectivity index (χ3n) is 1.89. The van der Waals surface area contributed by atoms with Gasteiger partial charge in [-0.3, -0.25) is 9.82 Å². The summed E-state index contributed by atoms with van der Waals surface area (Å²) in [6.45, 7) is 3.94. The standard InChI is InChI=1S/C8H16N4O2S/c1-6(2)3-4-15(13,14)12-8-7(9)5-10-11-8/h5-6H,3-4,9H2,1-2H3,(H2,10,11,12). The van der Waals surface area contributed by atoms with E-state index in [4.69, 9.17) is 5.73 Å². The number of aromatic nitrogens is 2. The maximum absolute atomic E-state index is 11.5. The monoisotopic (exact) mass is 232 g/mol. The van der Waals surface area contributed by atoms with Gasteiger partial charge in [0.1, 0.15) is 0 Å². The van der Waals surface area contributed by atoms with Gasteiger partial charge in [0.15, 0.2) is 5.82 Å². The molecule has 1 aromatic heterocycles. The molecule has 0 saturated carbocycles. The predicted octanol–water partition coefficient (Wildman–Crippen LogP) is 0.780. The van der Waals surface area contributed by atoms with Gasteiger partial charge < -0.3 is 5.73 Å². The van der Waals surface area contributed by atoms with Crippen LogP contribution in [0.15, 0.2) is 6.20 Å². The highest BCUT2D eigenvalue weighted by molar-refractivity contribution is 7.92. The number of hydrogen-bond donors (Lipinski definition) is 3. The fraction of sp³-hybridized carbons (Fsp3) is 0.625. The lowest BCUT2D eigenvalue weighted by molar-refractivity contribution is 0.578. The first kappa shape index (κ1) is 11.8. The Bertz CT molecular complexity index is 410. The van der Waals surface area contributed by atoms with Gasteiger partial charge in [0, 0.05) is 0 Å². The molecule has 15 heavy (non-hydrogen) atoms. The second-order valence-corrected chi connectivity index (χ2v) is 5.65. The van der Waals surface area contributed by atoms with Crippen LogP contribution in [0.3, 0.4) is 0 Å². The number of nitrogens with zero attached hydrogens (tertiary/aromatic N) is 1. The molecule has 0 aliphatic heterocycles. The van der Waals surface area contributed by atoms with Crippen molar-refractivity contribution in [2.75, 3.05) is 16.2 Å². The van der Waals surface area contributed by atoms with Crippen molar-refractivity contribution >= 4 is 21.5 Å². The summed E-state index contributed by atoms with van der Waals surface area (Å²) in [4.78, 5) is 0. The zero-order valence-corrected chi connectivity index (χ0v) is 9.63. The molecule has 0 bridgehead atoms. The summed E-state index contributed by atoms with van der Waals surface area (Å²) >= 11 is 0. The van der Waals surface area contributed by atoms with Crippen LogP contribution in [0.2, 0.25) is 0 Å². The number of nitrogens with two attached hydrogens (primary N) is 1. The zero-order valence-electron chi connectivity index (χ0n) is 8.82. The molecule has 0 spiro atoms. The lowest BCUT2D eigenvalue weighted by Gasteiger charge is -2.07. The summed E-state index contributed by atoms with van der Waals surface area (Å²) in [5.41, 5.74) is 5.78. The summed E-state index contributed by atoms with van der Waals surface area (Å²) in [6.07, 6.45) is 1.98. The lowest BCUT2D eigenvalue weighted by Crippen LogP contribution is -2.18. The largest absolute Gasteiger partial charge is 0.394 e. The Morgan fingerprint density at radius 1 is 1.60 bits per heavy atom. The van der Waals surface area contributed by atoms with Gasteiger partial charge in [0.25, 0.3) is 0 Å². The minimum absolute atomic E-state index is 0.0864. The average molecular weight is 232 g/mol. The molecule has 0 aliphatic carbocycles. The number of nitrogen functional groups attached to an aromatic ring is 1. The SMILES string of the molecule is CC(C)CCS(=O)(=O)Nc1[nH]ncc1N. The smallest absolute Gasteiger partial charge is 0.233 e. The predicted molar refractivity (Wildman–Crippen MR) is 59.9 cm³/mol. The van der Waals surface area contributed by atoms with Crippen LogP contribution in [-0.4, -0.2) is 24.4 Å². The van der Waals surface area contributed by atoms with Crippen molar-refractivity contribution in [2.45, 2.75) is 20.3 Å². The van der Waals surface area contributed by atoms with E-state index in [-0.39, 0.29) is 11.6 Å². The summed E-state index contributed by atoms with van der Waals surface area (Å²) in [5, 5.41) is 6.11. The van der Waals surface area contributed by atoms with Crippen molar-refractivity contribution < 1.29 is 8.42 Å². The minimum atomic E-state index is -3.32. The Morgan fingerprint density at radius 2 is 2.27 bits per heavy atom. The van der Waals surface area contributed by atoms with Crippen LogP contribution in [0, 0.1) is 5.92 Å². The Hall–Kier alpha value is -1.24. The van der Waals surface area contributed by atoms with Crippen molar-refractivity contribution in [3.05, 3.63) is 6.20 Å². The number of sulfonamides is 1. The number of H-pyrrole nitrogens is 1. The average Bonchev–Trinajstić information content (AvgIpc) is 2.48. The van der Waals surface area contributed by atoms with E-state index in [1.54, 1.807) is 0 Å². The molecule has 0 aromatic carbocycles. The van der Waals surface area contributed by atoms with Crippen molar-refractivity contribution in [1.82, 2.24) is 10.2 Å². The van der Waals surface area contributed by atoms with Crippen LogP contribution in [-0.2, 0) is 10.0 Å². The van der Waals surface area contributed by atoms with Crippen molar-refractivity contribution in [3.63, 3.8) is 0 Å². The van der Waals surface area contributed by atoms with Crippen LogP contribution in [0.25, 0.3) is 0 Å². The summed E-state index contributed by atoms with van der Waals surface area (Å²) in [5.74, 6) is 0.669. The first-order chi connectivity index (χ1) is 6.91. The molecule has 1 rings (SSSR count). The highest BCUT2D eigenvalue weighted by Crippen LogP contribution is 2.15. The van der Waals surface area contributed by atoms with Crippen LogP contribution < -0.4 is 10.5 Å². The van der Waals surface area contributed by atoms with Crippen molar-refractivity contribution in [3.8, 4) is 0 Å². The molecule has 0 amide bonds. The summed E-state index contributed by atoms with van der Waals surface area (Å²) < 4.78 is 25.4. The molecule has 86 valence electrons. The molecule has 0 saturated heterocycles. The first-order valence-electron chi connectivity index (χ1n) is 4.70. The van der Waals surface area contributed by atoms with Gasteiger partial charge in [0.2, 0.25) is 10.0 Å². The van der Waals surface area contributed by atoms with Crippen LogP contribution in [0.4, 0.5) is 11.5 Å². The molecule has 0 aliphatic rings. The maximum Gasteiger partial charge on any atom is 0.233 e. The van der Waals surface area contributed by atoms with Gasteiger partial charge in [-0.25, -0.2) is 8.42 Å². The normalized spacial score (nSPS) is 11.9. The second kappa shape index (κ2) is 4.52. The van der Waals surface area contributed by atoms with Crippen LogP contribution in [0.5, 0.6) is 0 Å². The van der Waals surface area contributed by atoms with E-state index in [0.29, 0.717) is 18.0 Å². The molecule has 0 radical (unpaired) electrons. The topological polar surface area (TPSA) is 101 Å². The maximum atomic E-state index is 11.5. The van der Waals surface area contributed by atoms with Crippen LogP contribution in [0.1, 0.15) is 20.3 Å². The molecular formula is C8H16N4O2S. The molecule has 6 nitrogen and oxygen atoms in total. The number of rotatable bonds is 5. The number of aromatic amines is 1. The molecule has 7 heteroatoms. The third kappa shape index (κ3) is 3.78. The Morgan fingerprint density at radius 3 is 2.73 bits per heavy atom. The summed E-state index contributed by atoms with van der Waals surface area (Å²) in [7, 11) is -3.32. The number of hydrogen-bond acceptors (Lipinski definition) is 4. The Balaban J connectivity index is 2.61. The van der Waals surface area contributed by atoms with E-state index in [1.165, 1.54) is 6.20 Å². The van der Waals surface area contributed by atoms with E-state index in [1.807, 2.05) is 13.8 Å². The number of nitrogens with one attached hydrogen (secondary N) is 2. The Labute approximate surface area is 89.3 Å². The van der Waals surface area contributed by atoms with Gasteiger partial charge in [0.05, 0.1) is 17.6 Å². The highest BCUT2D eigenvalue weighted by Gasteiger charge is 2.13. The van der Waals surface area contributed by atoms with Crippen molar-refractivity contribution in [1.29, 1.82) is 0 Å². The highest BCUT2D eigenvalue weighted by atomic mass is 32.2. The van der Waals surface area contributed by atoms with Gasteiger partial charge in [-0.2, -0.15) is 5.10 Å². The van der Waals surface area contributed by atoms with E-state index < -0.39 is 10.0 Å². The van der Waals surface area contributed by atoms with Gasteiger partial charge >= 0.3 is 0 Å². The molecule has 1 aromatic rings. The van der Waals surface area contributed by atoms with E-state index in [0.717, 1.165) is 0 Å². The fourth-order valence-corrected chi connectivity index (χ4v) is 2.33. The van der Waals surface area contributed by atoms with E-state index in [9.17, 15) is 8.42 Å². The third-order valence-corrected chi connectivity index (χ3v) is 3.18. The summed E-state index contributed by atoms with van der Waals surface area (Å²) in [6, 6.07) is 0. The Kier molecular flexibility index (Phi) is 3.57. The molecule has 0 unspecified atom stereocenters. The molecule has 4 N–H and O–H groups in total. The minimum Gasteiger partial charge on any atom is -0.394 e. The zero-order chi connectivity index (χ0) is 11.5. The molecule has 1 heterocycles. The molecule has 0 atom stereocenters. The number of anilines is 2. The van der Waals surface area contributed by atoms with Crippen molar-refractivity contribution in [2.24, 2.45) is 5.92 Å².